The second-order valence-corrected chi connectivity index (χ2v) is 9.23. The van der Waals surface area contributed by atoms with E-state index in [9.17, 15) is 21.6 Å². The first-order valence-corrected chi connectivity index (χ1v) is 10.9. The molecule has 0 aliphatic carbocycles. The molecule has 0 saturated carbocycles. The smallest absolute Gasteiger partial charge is 0.385 e. The molecule has 0 heterocycles. The number of ether oxygens (including phenoxy) is 1. The Morgan fingerprint density at radius 3 is 2.48 bits per heavy atom. The van der Waals surface area contributed by atoms with Gasteiger partial charge >= 0.3 is 5.51 Å². The van der Waals surface area contributed by atoms with Crippen molar-refractivity contribution >= 4 is 29.6 Å². The van der Waals surface area contributed by atoms with Crippen LogP contribution in [0.5, 0.6) is 0 Å². The zero-order valence-electron chi connectivity index (χ0n) is 15.7. The lowest BCUT2D eigenvalue weighted by molar-refractivity contribution is -0.0435. The quantitative estimate of drug-likeness (QED) is 0.392. The fraction of sp³-hybridized carbons (Fsp3) is 0.625. The largest absolute Gasteiger partial charge is 0.501 e. The molecule has 1 aromatic rings. The van der Waals surface area contributed by atoms with E-state index in [-0.39, 0.29) is 14.4 Å². The predicted molar refractivity (Wildman–Crippen MR) is 104 cm³/mol. The van der Waals surface area contributed by atoms with Crippen LogP contribution in [-0.2, 0) is 14.6 Å². The van der Waals surface area contributed by atoms with Crippen molar-refractivity contribution in [1.82, 2.24) is 9.99 Å². The third-order valence-corrected chi connectivity index (χ3v) is 6.11. The van der Waals surface area contributed by atoms with Crippen LogP contribution in [0.25, 0.3) is 0 Å². The maximum atomic E-state index is 13.1. The van der Waals surface area contributed by atoms with Crippen molar-refractivity contribution < 1.29 is 26.3 Å². The summed E-state index contributed by atoms with van der Waals surface area (Å²) in [5.41, 5.74) is -5.38. The van der Waals surface area contributed by atoms with Crippen LogP contribution < -0.4 is 15.7 Å². The van der Waals surface area contributed by atoms with Gasteiger partial charge in [0.1, 0.15) is 0 Å². The summed E-state index contributed by atoms with van der Waals surface area (Å²) in [6, 6.07) is 4.12. The molecule has 156 valence electrons. The number of alkyl halides is 3. The molecule has 0 amide bonds. The molecule has 1 aromatic carbocycles. The molecule has 0 radical (unpaired) electrons. The van der Waals surface area contributed by atoms with Gasteiger partial charge in [0.15, 0.2) is 0 Å². The van der Waals surface area contributed by atoms with Crippen molar-refractivity contribution in [3.63, 3.8) is 0 Å². The Kier molecular flexibility index (Phi) is 9.97. The zero-order valence-corrected chi connectivity index (χ0v) is 17.5. The van der Waals surface area contributed by atoms with Gasteiger partial charge in [0.05, 0.1) is 10.6 Å². The SMILES string of the molecule is COCCCNPc1ccc(NCCCN(C)C)c(S(=O)(=O)C(F)(F)F)c1. The summed E-state index contributed by atoms with van der Waals surface area (Å²) in [4.78, 5) is 1.21. The number of hydrogen-bond acceptors (Lipinski definition) is 6. The number of benzene rings is 1. The number of halogens is 3. The molecular formula is C16H27F3N3O3PS. The molecule has 0 fully saturated rings. The van der Waals surface area contributed by atoms with E-state index in [1.54, 1.807) is 13.2 Å². The maximum absolute atomic E-state index is 13.1. The van der Waals surface area contributed by atoms with Gasteiger partial charge in [-0.1, -0.05) is 6.07 Å². The molecule has 1 rings (SSSR count). The van der Waals surface area contributed by atoms with Crippen molar-refractivity contribution in [2.24, 2.45) is 0 Å². The van der Waals surface area contributed by atoms with Crippen molar-refractivity contribution in [3.8, 4) is 0 Å². The molecule has 0 aromatic heterocycles. The van der Waals surface area contributed by atoms with E-state index >= 15 is 0 Å². The summed E-state index contributed by atoms with van der Waals surface area (Å²) in [7, 11) is -0.0886. The average molecular weight is 429 g/mol. The number of rotatable bonds is 12. The van der Waals surface area contributed by atoms with Crippen molar-refractivity contribution in [1.29, 1.82) is 0 Å². The van der Waals surface area contributed by atoms with Crippen LogP contribution in [-0.4, -0.2) is 66.3 Å². The summed E-state index contributed by atoms with van der Waals surface area (Å²) < 4.78 is 68.1. The molecule has 0 aliphatic heterocycles. The van der Waals surface area contributed by atoms with Gasteiger partial charge in [0.25, 0.3) is 9.84 Å². The Bertz CT molecular complexity index is 685. The molecule has 0 spiro atoms. The second-order valence-electron chi connectivity index (χ2n) is 6.14. The van der Waals surface area contributed by atoms with E-state index in [4.69, 9.17) is 4.74 Å². The fourth-order valence-electron chi connectivity index (χ4n) is 2.18. The topological polar surface area (TPSA) is 70.7 Å². The lowest BCUT2D eigenvalue weighted by Crippen LogP contribution is -2.26. The van der Waals surface area contributed by atoms with Gasteiger partial charge in [-0.2, -0.15) is 13.2 Å². The Morgan fingerprint density at radius 2 is 1.89 bits per heavy atom. The summed E-state index contributed by atoms with van der Waals surface area (Å²) in [5, 5.41) is 6.40. The minimum absolute atomic E-state index is 0.00185. The van der Waals surface area contributed by atoms with E-state index < -0.39 is 20.2 Å². The number of nitrogens with zero attached hydrogens (tertiary/aromatic N) is 1. The van der Waals surface area contributed by atoms with Crippen LogP contribution in [0.2, 0.25) is 0 Å². The molecule has 11 heteroatoms. The van der Waals surface area contributed by atoms with E-state index in [0.717, 1.165) is 19.0 Å². The molecule has 2 N–H and O–H groups in total. The highest BCUT2D eigenvalue weighted by Crippen LogP contribution is 2.34. The highest BCUT2D eigenvalue weighted by molar-refractivity contribution is 7.92. The summed E-state index contributed by atoms with van der Waals surface area (Å²) in [6.45, 7) is 2.30. The zero-order chi connectivity index (χ0) is 20.5. The number of hydrogen-bond donors (Lipinski definition) is 2. The van der Waals surface area contributed by atoms with Crippen molar-refractivity contribution in [3.05, 3.63) is 18.2 Å². The predicted octanol–water partition coefficient (Wildman–Crippen LogP) is 2.19. The Hall–Kier alpha value is -0.930. The van der Waals surface area contributed by atoms with E-state index in [1.165, 1.54) is 6.07 Å². The standard InChI is InChI=1S/C16H27F3N3O3PS/c1-22(2)10-4-8-20-14-7-6-13(26-21-9-5-11-25-3)12-15(14)27(23,24)16(17,18)19/h6-7,12,20-21,26H,4-5,8-11H2,1-3H3. The van der Waals surface area contributed by atoms with Crippen molar-refractivity contribution in [2.75, 3.05) is 52.8 Å². The minimum atomic E-state index is -5.44. The third-order valence-electron chi connectivity index (χ3n) is 3.56. The first kappa shape index (κ1) is 24.1. The molecule has 0 aliphatic rings. The molecular weight excluding hydrogens is 402 g/mol. The normalized spacial score (nSPS) is 13.0. The fourth-order valence-corrected chi connectivity index (χ4v) is 4.14. The molecule has 1 unspecified atom stereocenters. The molecule has 27 heavy (non-hydrogen) atoms. The van der Waals surface area contributed by atoms with Gasteiger partial charge in [-0.3, -0.25) is 5.09 Å². The summed E-state index contributed by atoms with van der Waals surface area (Å²) in [5.74, 6) is 0. The van der Waals surface area contributed by atoms with Gasteiger partial charge in [0, 0.05) is 26.8 Å². The Morgan fingerprint density at radius 1 is 1.19 bits per heavy atom. The number of methoxy groups -OCH3 is 1. The number of sulfone groups is 1. The highest BCUT2D eigenvalue weighted by atomic mass is 32.2. The summed E-state index contributed by atoms with van der Waals surface area (Å²) in [6.07, 6.45) is 1.42. The first-order valence-electron chi connectivity index (χ1n) is 8.41. The average Bonchev–Trinajstić information content (AvgIpc) is 2.58. The van der Waals surface area contributed by atoms with Crippen LogP contribution >= 0.6 is 8.73 Å². The van der Waals surface area contributed by atoms with Crippen molar-refractivity contribution in [2.45, 2.75) is 23.2 Å². The number of nitrogens with one attached hydrogen (secondary N) is 2. The van der Waals surface area contributed by atoms with Gasteiger partial charge in [-0.25, -0.2) is 8.42 Å². The lowest BCUT2D eigenvalue weighted by Gasteiger charge is -2.16. The van der Waals surface area contributed by atoms with E-state index in [2.05, 4.69) is 10.4 Å². The van der Waals surface area contributed by atoms with Crippen LogP contribution in [0.1, 0.15) is 12.8 Å². The van der Waals surface area contributed by atoms with Crippen LogP contribution in [0.15, 0.2) is 23.1 Å². The monoisotopic (exact) mass is 429 g/mol. The Labute approximate surface area is 160 Å². The second kappa shape index (κ2) is 11.2. The molecule has 0 saturated heterocycles. The minimum Gasteiger partial charge on any atom is -0.385 e. The van der Waals surface area contributed by atoms with Crippen LogP contribution in [0.3, 0.4) is 0 Å². The first-order chi connectivity index (χ1) is 12.6. The Balaban J connectivity index is 2.95. The molecule has 0 bridgehead atoms. The molecule has 6 nitrogen and oxygen atoms in total. The van der Waals surface area contributed by atoms with Crippen LogP contribution in [0.4, 0.5) is 18.9 Å². The van der Waals surface area contributed by atoms with Gasteiger partial charge in [0.2, 0.25) is 0 Å². The number of anilines is 1. The maximum Gasteiger partial charge on any atom is 0.501 e. The van der Waals surface area contributed by atoms with Crippen LogP contribution in [0, 0.1) is 0 Å². The third kappa shape index (κ3) is 7.91. The van der Waals surface area contributed by atoms with Gasteiger partial charge in [-0.15, -0.1) is 0 Å². The highest BCUT2D eigenvalue weighted by Gasteiger charge is 2.48. The van der Waals surface area contributed by atoms with Gasteiger partial charge < -0.3 is 15.0 Å². The lowest BCUT2D eigenvalue weighted by atomic mass is 10.3. The van der Waals surface area contributed by atoms with E-state index in [0.29, 0.717) is 31.4 Å². The van der Waals surface area contributed by atoms with Gasteiger partial charge in [-0.05, 0) is 59.7 Å². The molecule has 1 atom stereocenters. The van der Waals surface area contributed by atoms with E-state index in [1.807, 2.05) is 19.0 Å². The summed E-state index contributed by atoms with van der Waals surface area (Å²) >= 11 is 0.